The number of non-ortho nitro benzene ring substituents is 1. The zero-order chi connectivity index (χ0) is 19.3. The SMILES string of the molecule is CCn1c(CN2C(=O)c3ccc([N+](=O)[O-])cc3C2=O)nc2c(F)cccc21. The van der Waals surface area contributed by atoms with Crippen LogP contribution in [0, 0.1) is 15.9 Å². The Kier molecular flexibility index (Phi) is 3.72. The van der Waals surface area contributed by atoms with Gasteiger partial charge in [-0.3, -0.25) is 24.6 Å². The first-order valence-corrected chi connectivity index (χ1v) is 8.20. The molecule has 0 N–H and O–H groups in total. The summed E-state index contributed by atoms with van der Waals surface area (Å²) in [7, 11) is 0. The second-order valence-electron chi connectivity index (χ2n) is 6.06. The van der Waals surface area contributed by atoms with Crippen molar-refractivity contribution in [2.75, 3.05) is 0 Å². The molecule has 3 aromatic rings. The third-order valence-electron chi connectivity index (χ3n) is 4.59. The lowest BCUT2D eigenvalue weighted by atomic mass is 10.1. The van der Waals surface area contributed by atoms with Gasteiger partial charge in [0.2, 0.25) is 0 Å². The number of carbonyl (C=O) groups is 2. The van der Waals surface area contributed by atoms with E-state index in [9.17, 15) is 24.1 Å². The smallest absolute Gasteiger partial charge is 0.270 e. The maximum Gasteiger partial charge on any atom is 0.270 e. The Labute approximate surface area is 152 Å². The van der Waals surface area contributed by atoms with E-state index in [4.69, 9.17) is 0 Å². The van der Waals surface area contributed by atoms with Crippen LogP contribution in [-0.4, -0.2) is 31.2 Å². The van der Waals surface area contributed by atoms with Crippen molar-refractivity contribution in [3.63, 3.8) is 0 Å². The van der Waals surface area contributed by atoms with E-state index in [2.05, 4.69) is 4.98 Å². The molecular formula is C18H13FN4O4. The van der Waals surface area contributed by atoms with Crippen molar-refractivity contribution in [3.05, 3.63) is 69.3 Å². The van der Waals surface area contributed by atoms with Crippen molar-refractivity contribution in [2.24, 2.45) is 0 Å². The molecule has 0 spiro atoms. The molecule has 136 valence electrons. The number of imide groups is 1. The minimum absolute atomic E-state index is 0.0143. The summed E-state index contributed by atoms with van der Waals surface area (Å²) >= 11 is 0. The van der Waals surface area contributed by atoms with Crippen LogP contribution in [0.4, 0.5) is 10.1 Å². The van der Waals surface area contributed by atoms with Crippen molar-refractivity contribution in [1.82, 2.24) is 14.5 Å². The van der Waals surface area contributed by atoms with Crippen LogP contribution >= 0.6 is 0 Å². The Bertz CT molecular complexity index is 1140. The van der Waals surface area contributed by atoms with E-state index in [0.717, 1.165) is 11.0 Å². The van der Waals surface area contributed by atoms with Gasteiger partial charge in [-0.05, 0) is 25.1 Å². The van der Waals surface area contributed by atoms with Crippen LogP contribution in [0.15, 0.2) is 36.4 Å². The van der Waals surface area contributed by atoms with Crippen LogP contribution in [-0.2, 0) is 13.1 Å². The number of aromatic nitrogens is 2. The van der Waals surface area contributed by atoms with E-state index in [1.807, 2.05) is 6.92 Å². The number of aryl methyl sites for hydroxylation is 1. The number of benzene rings is 2. The maximum atomic E-state index is 14.0. The Morgan fingerprint density at radius 2 is 1.89 bits per heavy atom. The van der Waals surface area contributed by atoms with Gasteiger partial charge in [-0.15, -0.1) is 0 Å². The van der Waals surface area contributed by atoms with E-state index >= 15 is 0 Å². The zero-order valence-corrected chi connectivity index (χ0v) is 14.2. The fourth-order valence-electron chi connectivity index (χ4n) is 3.31. The zero-order valence-electron chi connectivity index (χ0n) is 14.2. The molecule has 0 bridgehead atoms. The number of hydrogen-bond donors (Lipinski definition) is 0. The van der Waals surface area contributed by atoms with Gasteiger partial charge < -0.3 is 4.57 Å². The molecule has 0 saturated heterocycles. The number of rotatable bonds is 4. The fraction of sp³-hybridized carbons (Fsp3) is 0.167. The highest BCUT2D eigenvalue weighted by Gasteiger charge is 2.37. The van der Waals surface area contributed by atoms with E-state index in [-0.39, 0.29) is 28.9 Å². The fourth-order valence-corrected chi connectivity index (χ4v) is 3.31. The summed E-state index contributed by atoms with van der Waals surface area (Å²) in [5.74, 6) is -1.31. The molecule has 0 aliphatic carbocycles. The van der Waals surface area contributed by atoms with Gasteiger partial charge in [-0.25, -0.2) is 9.37 Å². The van der Waals surface area contributed by atoms with E-state index < -0.39 is 22.6 Å². The quantitative estimate of drug-likeness (QED) is 0.401. The first kappa shape index (κ1) is 16.8. The van der Waals surface area contributed by atoms with Gasteiger partial charge in [0.15, 0.2) is 5.82 Å². The molecule has 8 nitrogen and oxygen atoms in total. The van der Waals surface area contributed by atoms with Gasteiger partial charge in [0.05, 0.1) is 28.1 Å². The third-order valence-corrected chi connectivity index (χ3v) is 4.59. The van der Waals surface area contributed by atoms with Crippen molar-refractivity contribution >= 4 is 28.5 Å². The Morgan fingerprint density at radius 3 is 2.59 bits per heavy atom. The normalized spacial score (nSPS) is 13.5. The summed E-state index contributed by atoms with van der Waals surface area (Å²) in [6.07, 6.45) is 0. The highest BCUT2D eigenvalue weighted by molar-refractivity contribution is 6.21. The molecule has 1 aliphatic rings. The molecule has 0 unspecified atom stereocenters. The number of hydrogen-bond acceptors (Lipinski definition) is 5. The summed E-state index contributed by atoms with van der Waals surface area (Å²) < 4.78 is 15.8. The van der Waals surface area contributed by atoms with Crippen LogP contribution < -0.4 is 0 Å². The Balaban J connectivity index is 1.75. The molecule has 2 aromatic carbocycles. The number of nitro groups is 1. The lowest BCUT2D eigenvalue weighted by molar-refractivity contribution is -0.384. The summed E-state index contributed by atoms with van der Waals surface area (Å²) in [6.45, 7) is 2.17. The number of imidazole rings is 1. The number of amides is 2. The Morgan fingerprint density at radius 1 is 1.15 bits per heavy atom. The third kappa shape index (κ3) is 2.47. The first-order valence-electron chi connectivity index (χ1n) is 8.20. The molecule has 0 fully saturated rings. The number of halogens is 1. The largest absolute Gasteiger partial charge is 0.327 e. The highest BCUT2D eigenvalue weighted by atomic mass is 19.1. The molecule has 0 saturated carbocycles. The molecule has 2 heterocycles. The van der Waals surface area contributed by atoms with Gasteiger partial charge in [-0.1, -0.05) is 6.07 Å². The molecule has 27 heavy (non-hydrogen) atoms. The maximum absolute atomic E-state index is 14.0. The van der Waals surface area contributed by atoms with Crippen molar-refractivity contribution in [2.45, 2.75) is 20.0 Å². The highest BCUT2D eigenvalue weighted by Crippen LogP contribution is 2.29. The van der Waals surface area contributed by atoms with Gasteiger partial charge in [0.25, 0.3) is 17.5 Å². The number of fused-ring (bicyclic) bond motifs is 2. The van der Waals surface area contributed by atoms with E-state index in [1.54, 1.807) is 16.7 Å². The molecule has 4 rings (SSSR count). The molecule has 0 atom stereocenters. The number of nitro benzene ring substituents is 1. The predicted molar refractivity (Wildman–Crippen MR) is 92.7 cm³/mol. The number of carbonyl (C=O) groups excluding carboxylic acids is 2. The second kappa shape index (κ2) is 5.97. The van der Waals surface area contributed by atoms with E-state index in [1.165, 1.54) is 18.2 Å². The van der Waals surface area contributed by atoms with Crippen molar-refractivity contribution < 1.29 is 18.9 Å². The number of nitrogens with zero attached hydrogens (tertiary/aromatic N) is 4. The minimum atomic E-state index is -0.631. The second-order valence-corrected chi connectivity index (χ2v) is 6.06. The summed E-state index contributed by atoms with van der Waals surface area (Å²) in [5.41, 5.74) is 0.566. The van der Waals surface area contributed by atoms with Crippen LogP contribution in [0.2, 0.25) is 0 Å². The predicted octanol–water partition coefficient (Wildman–Crippen LogP) is 2.90. The topological polar surface area (TPSA) is 98.3 Å². The lowest BCUT2D eigenvalue weighted by Gasteiger charge is -2.14. The van der Waals surface area contributed by atoms with Crippen LogP contribution in [0.5, 0.6) is 0 Å². The lowest BCUT2D eigenvalue weighted by Crippen LogP contribution is -2.30. The molecular weight excluding hydrogens is 355 g/mol. The number of para-hydroxylation sites is 1. The van der Waals surface area contributed by atoms with Crippen LogP contribution in [0.1, 0.15) is 33.5 Å². The molecule has 2 amide bonds. The Hall–Kier alpha value is -3.62. The van der Waals surface area contributed by atoms with Gasteiger partial charge in [0.1, 0.15) is 11.3 Å². The molecule has 1 aromatic heterocycles. The first-order chi connectivity index (χ1) is 12.9. The summed E-state index contributed by atoms with van der Waals surface area (Å²) in [6, 6.07) is 8.12. The van der Waals surface area contributed by atoms with Crippen molar-refractivity contribution in [1.29, 1.82) is 0 Å². The van der Waals surface area contributed by atoms with Crippen LogP contribution in [0.25, 0.3) is 11.0 Å². The van der Waals surface area contributed by atoms with E-state index in [0.29, 0.717) is 17.9 Å². The van der Waals surface area contributed by atoms with Gasteiger partial charge in [0, 0.05) is 18.7 Å². The average molecular weight is 368 g/mol. The molecule has 0 radical (unpaired) electrons. The monoisotopic (exact) mass is 368 g/mol. The minimum Gasteiger partial charge on any atom is -0.327 e. The molecule has 9 heteroatoms. The van der Waals surface area contributed by atoms with Crippen LogP contribution in [0.3, 0.4) is 0 Å². The average Bonchev–Trinajstić information content (AvgIpc) is 3.13. The molecule has 1 aliphatic heterocycles. The van der Waals surface area contributed by atoms with Gasteiger partial charge in [-0.2, -0.15) is 0 Å². The van der Waals surface area contributed by atoms with Gasteiger partial charge >= 0.3 is 0 Å². The standard InChI is InChI=1S/C18H13FN4O4/c1-2-21-14-5-3-4-13(19)16(14)20-15(21)9-22-17(24)11-7-6-10(23(26)27)8-12(11)18(22)25/h3-8H,2,9H2,1H3. The summed E-state index contributed by atoms with van der Waals surface area (Å²) in [4.78, 5) is 40.8. The van der Waals surface area contributed by atoms with Crippen molar-refractivity contribution in [3.8, 4) is 0 Å². The summed E-state index contributed by atoms with van der Waals surface area (Å²) in [5, 5.41) is 10.9.